The van der Waals surface area contributed by atoms with Gasteiger partial charge in [-0.05, 0) is 24.1 Å². The van der Waals surface area contributed by atoms with E-state index in [0.717, 1.165) is 34.7 Å². The minimum Gasteiger partial charge on any atom is -0.334 e. The molecule has 0 fully saturated rings. The second kappa shape index (κ2) is 10.4. The standard InChI is InChI=1S/C30H28FN5O2S/c1-5-20-16-23(39(4,37)38)17-24(31)29(20)36(3)26-18-25-28(32-19-35(25)2)30(33-26)34-27(21-12-8-6-9-13-21)22-14-10-7-11-15-22/h6-19H,5H2,1-4H3. The number of benzene rings is 3. The topological polar surface area (TPSA) is 80.5 Å². The molecule has 5 rings (SSSR count). The average Bonchev–Trinajstić information content (AvgIpc) is 3.31. The fraction of sp³-hybridized carbons (Fsp3) is 0.167. The summed E-state index contributed by atoms with van der Waals surface area (Å²) in [5, 5.41) is 0. The van der Waals surface area contributed by atoms with Crippen molar-refractivity contribution >= 4 is 43.9 Å². The number of sulfone groups is 1. The third-order valence-electron chi connectivity index (χ3n) is 6.60. The Morgan fingerprint density at radius 2 is 1.62 bits per heavy atom. The molecule has 0 saturated heterocycles. The molecule has 7 nitrogen and oxygen atoms in total. The zero-order valence-corrected chi connectivity index (χ0v) is 22.9. The molecule has 0 aliphatic heterocycles. The molecule has 0 spiro atoms. The normalized spacial score (nSPS) is 11.5. The molecule has 9 heteroatoms. The molecule has 0 aliphatic rings. The van der Waals surface area contributed by atoms with E-state index in [1.54, 1.807) is 18.3 Å². The SMILES string of the molecule is CCc1cc(S(C)(=O)=O)cc(F)c1N(C)c1cc2c(ncn2C)c(N=C(c2ccccc2)c2ccccc2)n1. The van der Waals surface area contributed by atoms with E-state index in [0.29, 0.717) is 29.1 Å². The van der Waals surface area contributed by atoms with Crippen LogP contribution in [0.2, 0.25) is 0 Å². The number of rotatable bonds is 7. The molecule has 3 aromatic carbocycles. The Morgan fingerprint density at radius 1 is 1.00 bits per heavy atom. The van der Waals surface area contributed by atoms with E-state index < -0.39 is 15.7 Å². The zero-order valence-electron chi connectivity index (χ0n) is 22.1. The number of aliphatic imine (C=N–C) groups is 1. The van der Waals surface area contributed by atoms with Gasteiger partial charge in [-0.25, -0.2) is 27.8 Å². The molecule has 0 atom stereocenters. The predicted molar refractivity (Wildman–Crippen MR) is 154 cm³/mol. The van der Waals surface area contributed by atoms with E-state index >= 15 is 4.39 Å². The highest BCUT2D eigenvalue weighted by molar-refractivity contribution is 7.90. The molecule has 0 bridgehead atoms. The number of halogens is 1. The first-order valence-corrected chi connectivity index (χ1v) is 14.3. The van der Waals surface area contributed by atoms with E-state index in [2.05, 4.69) is 4.98 Å². The van der Waals surface area contributed by atoms with Crippen molar-refractivity contribution in [3.8, 4) is 0 Å². The maximum absolute atomic E-state index is 15.5. The third-order valence-corrected chi connectivity index (χ3v) is 7.69. The van der Waals surface area contributed by atoms with Gasteiger partial charge in [0.1, 0.15) is 17.2 Å². The van der Waals surface area contributed by atoms with Crippen LogP contribution in [0.5, 0.6) is 0 Å². The molecule has 5 aromatic rings. The highest BCUT2D eigenvalue weighted by atomic mass is 32.2. The van der Waals surface area contributed by atoms with E-state index in [9.17, 15) is 8.42 Å². The molecule has 0 N–H and O–H groups in total. The lowest BCUT2D eigenvalue weighted by Crippen LogP contribution is -2.16. The first-order valence-electron chi connectivity index (χ1n) is 12.4. The van der Waals surface area contributed by atoms with Crippen LogP contribution in [0.1, 0.15) is 23.6 Å². The summed E-state index contributed by atoms with van der Waals surface area (Å²) in [7, 11) is 0.0208. The van der Waals surface area contributed by atoms with Gasteiger partial charge in [0.15, 0.2) is 15.7 Å². The summed E-state index contributed by atoms with van der Waals surface area (Å²) in [6.07, 6.45) is 3.20. The number of hydrogen-bond acceptors (Lipinski definition) is 6. The van der Waals surface area contributed by atoms with E-state index in [1.165, 1.54) is 6.07 Å². The van der Waals surface area contributed by atoms with Gasteiger partial charge in [0, 0.05) is 37.5 Å². The summed E-state index contributed by atoms with van der Waals surface area (Å²) in [6.45, 7) is 1.86. The Kier molecular flexibility index (Phi) is 7.01. The van der Waals surface area contributed by atoms with Crippen LogP contribution in [-0.2, 0) is 23.3 Å². The largest absolute Gasteiger partial charge is 0.334 e. The Labute approximate surface area is 227 Å². The summed E-state index contributed by atoms with van der Waals surface area (Å²) in [4.78, 5) is 16.0. The minimum atomic E-state index is -3.57. The Morgan fingerprint density at radius 3 is 2.18 bits per heavy atom. The second-order valence-electron chi connectivity index (χ2n) is 9.32. The van der Waals surface area contributed by atoms with Gasteiger partial charge in [0.25, 0.3) is 0 Å². The van der Waals surface area contributed by atoms with Crippen molar-refractivity contribution in [2.24, 2.45) is 12.0 Å². The molecule has 198 valence electrons. The monoisotopic (exact) mass is 541 g/mol. The first-order chi connectivity index (χ1) is 18.7. The van der Waals surface area contributed by atoms with Gasteiger partial charge < -0.3 is 9.47 Å². The molecule has 0 unspecified atom stereocenters. The molecule has 2 aromatic heterocycles. The molecule has 0 radical (unpaired) electrons. The Hall–Kier alpha value is -4.37. The smallest absolute Gasteiger partial charge is 0.183 e. The lowest BCUT2D eigenvalue weighted by Gasteiger charge is -2.23. The zero-order chi connectivity index (χ0) is 27.7. The Bertz CT molecular complexity index is 1760. The van der Waals surface area contributed by atoms with Crippen LogP contribution < -0.4 is 4.90 Å². The first kappa shape index (κ1) is 26.2. The third kappa shape index (κ3) is 5.18. The van der Waals surface area contributed by atoms with Gasteiger partial charge in [0.2, 0.25) is 0 Å². The maximum atomic E-state index is 15.5. The van der Waals surface area contributed by atoms with Crippen LogP contribution in [0.4, 0.5) is 21.7 Å². The van der Waals surface area contributed by atoms with Crippen molar-refractivity contribution in [1.29, 1.82) is 0 Å². The van der Waals surface area contributed by atoms with Crippen molar-refractivity contribution in [2.45, 2.75) is 18.2 Å². The van der Waals surface area contributed by atoms with Crippen molar-refractivity contribution in [1.82, 2.24) is 14.5 Å². The average molecular weight is 542 g/mol. The highest BCUT2D eigenvalue weighted by Crippen LogP contribution is 2.35. The summed E-state index contributed by atoms with van der Waals surface area (Å²) in [5.74, 6) is 0.207. The summed E-state index contributed by atoms with van der Waals surface area (Å²) in [5.41, 5.74) is 4.78. The number of aryl methyl sites for hydroxylation is 2. The van der Waals surface area contributed by atoms with Gasteiger partial charge in [-0.15, -0.1) is 0 Å². The quantitative estimate of drug-likeness (QED) is 0.236. The molecule has 39 heavy (non-hydrogen) atoms. The van der Waals surface area contributed by atoms with Gasteiger partial charge in [0.05, 0.1) is 28.1 Å². The predicted octanol–water partition coefficient (Wildman–Crippen LogP) is 6.01. The van der Waals surface area contributed by atoms with Crippen LogP contribution >= 0.6 is 0 Å². The van der Waals surface area contributed by atoms with Crippen molar-refractivity contribution < 1.29 is 12.8 Å². The summed E-state index contributed by atoms with van der Waals surface area (Å²) in [6, 6.07) is 24.1. The van der Waals surface area contributed by atoms with Crippen LogP contribution in [-0.4, -0.2) is 42.0 Å². The number of imidazole rings is 1. The summed E-state index contributed by atoms with van der Waals surface area (Å²) >= 11 is 0. The molecular formula is C30H28FN5O2S. The van der Waals surface area contributed by atoms with Gasteiger partial charge >= 0.3 is 0 Å². The molecule has 0 saturated carbocycles. The van der Waals surface area contributed by atoms with E-state index in [-0.39, 0.29) is 10.6 Å². The van der Waals surface area contributed by atoms with Crippen LogP contribution in [0, 0.1) is 5.82 Å². The van der Waals surface area contributed by atoms with Crippen molar-refractivity contribution in [3.63, 3.8) is 0 Å². The number of aromatic nitrogens is 3. The van der Waals surface area contributed by atoms with Crippen molar-refractivity contribution in [2.75, 3.05) is 18.2 Å². The van der Waals surface area contributed by atoms with Gasteiger partial charge in [-0.1, -0.05) is 67.6 Å². The van der Waals surface area contributed by atoms with Crippen LogP contribution in [0.3, 0.4) is 0 Å². The number of hydrogen-bond donors (Lipinski definition) is 0. The highest BCUT2D eigenvalue weighted by Gasteiger charge is 2.22. The van der Waals surface area contributed by atoms with E-state index in [4.69, 9.17) is 9.98 Å². The summed E-state index contributed by atoms with van der Waals surface area (Å²) < 4.78 is 41.6. The lowest BCUT2D eigenvalue weighted by molar-refractivity contribution is 0.595. The molecule has 2 heterocycles. The van der Waals surface area contributed by atoms with Gasteiger partial charge in [-0.2, -0.15) is 0 Å². The van der Waals surface area contributed by atoms with Gasteiger partial charge in [-0.3, -0.25) is 0 Å². The molecule has 0 aliphatic carbocycles. The maximum Gasteiger partial charge on any atom is 0.183 e. The fourth-order valence-electron chi connectivity index (χ4n) is 4.54. The van der Waals surface area contributed by atoms with Crippen molar-refractivity contribution in [3.05, 3.63) is 108 Å². The number of nitrogens with zero attached hydrogens (tertiary/aromatic N) is 5. The minimum absolute atomic E-state index is 0.0512. The molecular weight excluding hydrogens is 513 g/mol. The van der Waals surface area contributed by atoms with Crippen LogP contribution in [0.15, 0.2) is 95.1 Å². The second-order valence-corrected chi connectivity index (χ2v) is 11.3. The molecule has 0 amide bonds. The number of fused-ring (bicyclic) bond motifs is 1. The number of anilines is 2. The number of pyridine rings is 1. The lowest BCUT2D eigenvalue weighted by atomic mass is 10.0. The van der Waals surface area contributed by atoms with Crippen LogP contribution in [0.25, 0.3) is 11.0 Å². The van der Waals surface area contributed by atoms with E-state index in [1.807, 2.05) is 85.3 Å². The fourth-order valence-corrected chi connectivity index (χ4v) is 5.22. The Balaban J connectivity index is 1.72.